The monoisotopic (exact) mass is 233 g/mol. The van der Waals surface area contributed by atoms with Crippen LogP contribution in [-0.2, 0) is 12.7 Å². The normalized spacial score (nSPS) is 13.8. The van der Waals surface area contributed by atoms with Crippen molar-refractivity contribution < 1.29 is 18.3 Å². The number of halogens is 3. The van der Waals surface area contributed by atoms with Gasteiger partial charge in [0.25, 0.3) is 0 Å². The summed E-state index contributed by atoms with van der Waals surface area (Å²) in [5.74, 6) is 0. The summed E-state index contributed by atoms with van der Waals surface area (Å²) in [4.78, 5) is 0. The van der Waals surface area contributed by atoms with Crippen LogP contribution in [0, 0.1) is 0 Å². The van der Waals surface area contributed by atoms with Crippen LogP contribution in [0.15, 0.2) is 24.3 Å². The number of alkyl halides is 3. The van der Waals surface area contributed by atoms with Gasteiger partial charge in [-0.2, -0.15) is 13.2 Å². The van der Waals surface area contributed by atoms with Crippen LogP contribution in [0.2, 0.25) is 0 Å². The Labute approximate surface area is 92.1 Å². The first-order chi connectivity index (χ1) is 7.43. The zero-order chi connectivity index (χ0) is 12.2. The van der Waals surface area contributed by atoms with Crippen LogP contribution in [0.4, 0.5) is 13.2 Å². The van der Waals surface area contributed by atoms with Gasteiger partial charge in [0.15, 0.2) is 0 Å². The molecule has 5 heteroatoms. The predicted octanol–water partition coefficient (Wildman–Crippen LogP) is 2.18. The van der Waals surface area contributed by atoms with Gasteiger partial charge in [0, 0.05) is 12.6 Å². The number of hydrogen-bond acceptors (Lipinski definition) is 2. The number of nitrogens with one attached hydrogen (secondary N) is 1. The van der Waals surface area contributed by atoms with Crippen LogP contribution < -0.4 is 5.32 Å². The molecule has 0 fully saturated rings. The molecule has 0 spiro atoms. The molecule has 1 atom stereocenters. The number of hydrogen-bond donors (Lipinski definition) is 2. The first-order valence-electron chi connectivity index (χ1n) is 4.94. The van der Waals surface area contributed by atoms with Crippen molar-refractivity contribution in [3.8, 4) is 0 Å². The molecule has 0 saturated heterocycles. The number of aliphatic hydroxyl groups is 1. The molecule has 90 valence electrons. The largest absolute Gasteiger partial charge is 0.416 e. The molecule has 0 bridgehead atoms. The molecule has 0 amide bonds. The highest BCUT2D eigenvalue weighted by atomic mass is 19.4. The lowest BCUT2D eigenvalue weighted by atomic mass is 10.1. The van der Waals surface area contributed by atoms with Gasteiger partial charge in [-0.1, -0.05) is 18.2 Å². The quantitative estimate of drug-likeness (QED) is 0.835. The molecule has 0 radical (unpaired) electrons. The summed E-state index contributed by atoms with van der Waals surface area (Å²) in [7, 11) is 0. The van der Waals surface area contributed by atoms with E-state index in [-0.39, 0.29) is 12.6 Å². The van der Waals surface area contributed by atoms with E-state index in [0.717, 1.165) is 12.1 Å². The Kier molecular flexibility index (Phi) is 4.32. The fourth-order valence-electron chi connectivity index (χ4n) is 1.21. The van der Waals surface area contributed by atoms with E-state index in [2.05, 4.69) is 5.32 Å². The fraction of sp³-hybridized carbons (Fsp3) is 0.455. The van der Waals surface area contributed by atoms with Crippen LogP contribution >= 0.6 is 0 Å². The molecule has 0 aromatic heterocycles. The van der Waals surface area contributed by atoms with Crippen molar-refractivity contribution in [3.05, 3.63) is 35.4 Å². The van der Waals surface area contributed by atoms with E-state index in [1.807, 2.05) is 0 Å². The smallest absolute Gasteiger partial charge is 0.395 e. The van der Waals surface area contributed by atoms with Gasteiger partial charge < -0.3 is 10.4 Å². The number of rotatable bonds is 4. The van der Waals surface area contributed by atoms with Crippen molar-refractivity contribution in [2.24, 2.45) is 0 Å². The first-order valence-corrected chi connectivity index (χ1v) is 4.94. The molecule has 1 rings (SSSR count). The third-order valence-electron chi connectivity index (χ3n) is 2.18. The molecule has 0 aliphatic carbocycles. The number of benzene rings is 1. The minimum atomic E-state index is -4.31. The summed E-state index contributed by atoms with van der Waals surface area (Å²) in [6.45, 7) is 2.03. The average molecular weight is 233 g/mol. The Morgan fingerprint density at radius 3 is 2.62 bits per heavy atom. The maximum atomic E-state index is 12.4. The van der Waals surface area contributed by atoms with Crippen LogP contribution in [0.1, 0.15) is 18.1 Å². The summed E-state index contributed by atoms with van der Waals surface area (Å²) in [5.41, 5.74) is -0.0985. The van der Waals surface area contributed by atoms with Crippen molar-refractivity contribution in [1.29, 1.82) is 0 Å². The molecular weight excluding hydrogens is 219 g/mol. The minimum Gasteiger partial charge on any atom is -0.395 e. The second kappa shape index (κ2) is 5.32. The minimum absolute atomic E-state index is 0.0427. The van der Waals surface area contributed by atoms with Crippen molar-refractivity contribution in [3.63, 3.8) is 0 Å². The molecular formula is C11H14F3NO. The van der Waals surface area contributed by atoms with Gasteiger partial charge in [-0.3, -0.25) is 0 Å². The van der Waals surface area contributed by atoms with Gasteiger partial charge in [-0.25, -0.2) is 0 Å². The van der Waals surface area contributed by atoms with Crippen LogP contribution in [0.25, 0.3) is 0 Å². The fourth-order valence-corrected chi connectivity index (χ4v) is 1.21. The molecule has 0 saturated carbocycles. The lowest BCUT2D eigenvalue weighted by Gasteiger charge is -2.12. The summed E-state index contributed by atoms with van der Waals surface area (Å²) in [6, 6.07) is 5.01. The standard InChI is InChI=1S/C11H14F3NO/c1-8(7-16)15-6-9-3-2-4-10(5-9)11(12,13)14/h2-5,8,15-16H,6-7H2,1H3/t8-/m1/s1. The Bertz CT molecular complexity index is 338. The van der Waals surface area contributed by atoms with Crippen molar-refractivity contribution in [1.82, 2.24) is 5.32 Å². The van der Waals surface area contributed by atoms with Crippen LogP contribution in [0.3, 0.4) is 0 Å². The molecule has 0 heterocycles. The second-order valence-corrected chi connectivity index (χ2v) is 3.66. The lowest BCUT2D eigenvalue weighted by molar-refractivity contribution is -0.137. The highest BCUT2D eigenvalue weighted by Crippen LogP contribution is 2.29. The number of aliphatic hydroxyl groups excluding tert-OH is 1. The molecule has 1 aromatic rings. The maximum absolute atomic E-state index is 12.4. The topological polar surface area (TPSA) is 32.3 Å². The van der Waals surface area contributed by atoms with E-state index in [4.69, 9.17) is 5.11 Å². The van der Waals surface area contributed by atoms with E-state index in [0.29, 0.717) is 12.1 Å². The molecule has 2 nitrogen and oxygen atoms in total. The average Bonchev–Trinajstić information content (AvgIpc) is 2.25. The van der Waals surface area contributed by atoms with Gasteiger partial charge in [0.2, 0.25) is 0 Å². The van der Waals surface area contributed by atoms with E-state index < -0.39 is 11.7 Å². The van der Waals surface area contributed by atoms with Gasteiger partial charge in [-0.15, -0.1) is 0 Å². The SMILES string of the molecule is C[C@H](CO)NCc1cccc(C(F)(F)F)c1. The van der Waals surface area contributed by atoms with Crippen LogP contribution in [0.5, 0.6) is 0 Å². The molecule has 16 heavy (non-hydrogen) atoms. The van der Waals surface area contributed by atoms with Gasteiger partial charge in [-0.05, 0) is 18.6 Å². The summed E-state index contributed by atoms with van der Waals surface area (Å²) in [6.07, 6.45) is -4.31. The maximum Gasteiger partial charge on any atom is 0.416 e. The van der Waals surface area contributed by atoms with Gasteiger partial charge in [0.05, 0.1) is 12.2 Å². The summed E-state index contributed by atoms with van der Waals surface area (Å²) >= 11 is 0. The van der Waals surface area contributed by atoms with E-state index in [1.165, 1.54) is 6.07 Å². The molecule has 0 unspecified atom stereocenters. The molecule has 0 aliphatic rings. The highest BCUT2D eigenvalue weighted by molar-refractivity contribution is 5.25. The Morgan fingerprint density at radius 2 is 2.06 bits per heavy atom. The summed E-state index contributed by atoms with van der Waals surface area (Å²) < 4.78 is 37.1. The zero-order valence-corrected chi connectivity index (χ0v) is 8.88. The van der Waals surface area contributed by atoms with Crippen LogP contribution in [-0.4, -0.2) is 17.8 Å². The third-order valence-corrected chi connectivity index (χ3v) is 2.18. The van der Waals surface area contributed by atoms with Crippen molar-refractivity contribution in [2.45, 2.75) is 25.7 Å². The molecule has 1 aromatic carbocycles. The highest BCUT2D eigenvalue weighted by Gasteiger charge is 2.30. The lowest BCUT2D eigenvalue weighted by Crippen LogP contribution is -2.28. The molecule has 2 N–H and O–H groups in total. The zero-order valence-electron chi connectivity index (χ0n) is 8.88. The Hall–Kier alpha value is -1.07. The van der Waals surface area contributed by atoms with Gasteiger partial charge >= 0.3 is 6.18 Å². The van der Waals surface area contributed by atoms with E-state index in [1.54, 1.807) is 13.0 Å². The second-order valence-electron chi connectivity index (χ2n) is 3.66. The molecule has 0 aliphatic heterocycles. The van der Waals surface area contributed by atoms with E-state index in [9.17, 15) is 13.2 Å². The Morgan fingerprint density at radius 1 is 1.38 bits per heavy atom. The van der Waals surface area contributed by atoms with Gasteiger partial charge in [0.1, 0.15) is 0 Å². The predicted molar refractivity (Wildman–Crippen MR) is 54.8 cm³/mol. The van der Waals surface area contributed by atoms with Crippen molar-refractivity contribution in [2.75, 3.05) is 6.61 Å². The Balaban J connectivity index is 2.68. The van der Waals surface area contributed by atoms with Crippen molar-refractivity contribution >= 4 is 0 Å². The third kappa shape index (κ3) is 3.83. The first kappa shape index (κ1) is 13.0. The van der Waals surface area contributed by atoms with E-state index >= 15 is 0 Å². The summed E-state index contributed by atoms with van der Waals surface area (Å²) in [5, 5.41) is 11.7.